The molecule has 0 aliphatic heterocycles. The summed E-state index contributed by atoms with van der Waals surface area (Å²) in [5, 5.41) is 2.47. The Morgan fingerprint density at radius 1 is 0.857 bits per heavy atom. The number of ketones is 1. The molecule has 2 aromatic rings. The number of benzene rings is 2. The molecule has 14 heavy (non-hydrogen) atoms. The van der Waals surface area contributed by atoms with Gasteiger partial charge < -0.3 is 0 Å². The average molecular weight is 182 g/mol. The molecule has 1 nitrogen and oxygen atoms in total. The maximum Gasteiger partial charge on any atom is 0.141 e. The lowest BCUT2D eigenvalue weighted by molar-refractivity contribution is -0.117. The van der Waals surface area contributed by atoms with Crippen LogP contribution in [0.15, 0.2) is 36.4 Å². The molecule has 0 unspecified atom stereocenters. The van der Waals surface area contributed by atoms with Crippen molar-refractivity contribution in [2.45, 2.75) is 12.8 Å². The number of rotatable bonds is 0. The smallest absolute Gasteiger partial charge is 0.141 e. The maximum absolute atomic E-state index is 11.3. The zero-order chi connectivity index (χ0) is 9.54. The van der Waals surface area contributed by atoms with Gasteiger partial charge in [-0.15, -0.1) is 0 Å². The fraction of sp³-hybridized carbons (Fsp3) is 0.154. The first kappa shape index (κ1) is 7.74. The summed E-state index contributed by atoms with van der Waals surface area (Å²) >= 11 is 0. The van der Waals surface area contributed by atoms with Crippen molar-refractivity contribution in [3.05, 3.63) is 47.5 Å². The molecule has 68 valence electrons. The molecule has 1 aliphatic rings. The van der Waals surface area contributed by atoms with Crippen molar-refractivity contribution in [3.8, 4) is 0 Å². The number of carbonyl (C=O) groups is 1. The van der Waals surface area contributed by atoms with Crippen LogP contribution in [0.25, 0.3) is 10.8 Å². The third kappa shape index (κ3) is 1.06. The van der Waals surface area contributed by atoms with Crippen LogP contribution in [0, 0.1) is 0 Å². The van der Waals surface area contributed by atoms with Crippen molar-refractivity contribution < 1.29 is 4.79 Å². The third-order valence-corrected chi connectivity index (χ3v) is 2.84. The molecule has 2 aromatic carbocycles. The highest BCUT2D eigenvalue weighted by molar-refractivity contribution is 5.93. The number of carbonyl (C=O) groups excluding carboxylic acids is 1. The lowest BCUT2D eigenvalue weighted by Gasteiger charge is -2.01. The summed E-state index contributed by atoms with van der Waals surface area (Å²) in [6.45, 7) is 0. The first-order valence-corrected chi connectivity index (χ1v) is 4.85. The SMILES string of the molecule is O=C1Cc2cc3ccccc3cc2C1. The maximum atomic E-state index is 11.3. The highest BCUT2D eigenvalue weighted by atomic mass is 16.1. The van der Waals surface area contributed by atoms with Gasteiger partial charge in [-0.1, -0.05) is 36.4 Å². The molecule has 0 aromatic heterocycles. The van der Waals surface area contributed by atoms with E-state index in [0.717, 1.165) is 0 Å². The molecule has 0 saturated carbocycles. The zero-order valence-electron chi connectivity index (χ0n) is 7.79. The van der Waals surface area contributed by atoms with Crippen molar-refractivity contribution >= 4 is 16.6 Å². The summed E-state index contributed by atoms with van der Waals surface area (Å²) in [6, 6.07) is 12.6. The first-order valence-electron chi connectivity index (χ1n) is 4.85. The van der Waals surface area contributed by atoms with Crippen LogP contribution in [0.5, 0.6) is 0 Å². The molecule has 0 atom stereocenters. The fourth-order valence-electron chi connectivity index (χ4n) is 2.15. The summed E-state index contributed by atoms with van der Waals surface area (Å²) in [5.74, 6) is 0.343. The van der Waals surface area contributed by atoms with E-state index in [1.165, 1.54) is 21.9 Å². The van der Waals surface area contributed by atoms with Crippen LogP contribution < -0.4 is 0 Å². The van der Waals surface area contributed by atoms with Gasteiger partial charge in [-0.3, -0.25) is 4.79 Å². The molecule has 0 spiro atoms. The minimum atomic E-state index is 0.343. The molecule has 0 radical (unpaired) electrons. The van der Waals surface area contributed by atoms with Gasteiger partial charge in [-0.25, -0.2) is 0 Å². The van der Waals surface area contributed by atoms with E-state index in [-0.39, 0.29) is 0 Å². The van der Waals surface area contributed by atoms with E-state index in [9.17, 15) is 4.79 Å². The summed E-state index contributed by atoms with van der Waals surface area (Å²) < 4.78 is 0. The second-order valence-corrected chi connectivity index (χ2v) is 3.86. The van der Waals surface area contributed by atoms with Crippen molar-refractivity contribution in [2.24, 2.45) is 0 Å². The Balaban J connectivity index is 2.31. The predicted octanol–water partition coefficient (Wildman–Crippen LogP) is 2.51. The van der Waals surface area contributed by atoms with Crippen LogP contribution in [-0.4, -0.2) is 5.78 Å². The Morgan fingerprint density at radius 3 is 1.86 bits per heavy atom. The van der Waals surface area contributed by atoms with Crippen molar-refractivity contribution in [1.29, 1.82) is 0 Å². The van der Waals surface area contributed by atoms with E-state index in [0.29, 0.717) is 18.6 Å². The van der Waals surface area contributed by atoms with Crippen LogP contribution in [0.3, 0.4) is 0 Å². The largest absolute Gasteiger partial charge is 0.299 e. The van der Waals surface area contributed by atoms with Crippen molar-refractivity contribution in [2.75, 3.05) is 0 Å². The summed E-state index contributed by atoms with van der Waals surface area (Å²) in [6.07, 6.45) is 1.25. The van der Waals surface area contributed by atoms with Crippen LogP contribution in [0.4, 0.5) is 0 Å². The second kappa shape index (κ2) is 2.68. The lowest BCUT2D eigenvalue weighted by atomic mass is 10.0. The molecule has 1 aliphatic carbocycles. The van der Waals surface area contributed by atoms with E-state index >= 15 is 0 Å². The molecule has 1 heteroatoms. The summed E-state index contributed by atoms with van der Waals surface area (Å²) in [4.78, 5) is 11.3. The summed E-state index contributed by atoms with van der Waals surface area (Å²) in [7, 11) is 0. The lowest BCUT2D eigenvalue weighted by Crippen LogP contribution is -1.92. The minimum absolute atomic E-state index is 0.343. The Bertz CT molecular complexity index is 479. The molecule has 0 fully saturated rings. The molecule has 3 rings (SSSR count). The van der Waals surface area contributed by atoms with E-state index in [1.807, 2.05) is 12.1 Å². The normalized spacial score (nSPS) is 14.7. The van der Waals surface area contributed by atoms with E-state index in [1.54, 1.807) is 0 Å². The van der Waals surface area contributed by atoms with Gasteiger partial charge in [0.1, 0.15) is 5.78 Å². The molecule has 0 bridgehead atoms. The number of fused-ring (bicyclic) bond motifs is 2. The highest BCUT2D eigenvalue weighted by Gasteiger charge is 2.18. The van der Waals surface area contributed by atoms with Gasteiger partial charge in [0.15, 0.2) is 0 Å². The Morgan fingerprint density at radius 2 is 1.36 bits per heavy atom. The van der Waals surface area contributed by atoms with Gasteiger partial charge in [0.2, 0.25) is 0 Å². The third-order valence-electron chi connectivity index (χ3n) is 2.84. The molecule has 0 saturated heterocycles. The van der Waals surface area contributed by atoms with E-state index in [4.69, 9.17) is 0 Å². The van der Waals surface area contributed by atoms with Gasteiger partial charge in [-0.2, -0.15) is 0 Å². The van der Waals surface area contributed by atoms with E-state index < -0.39 is 0 Å². The van der Waals surface area contributed by atoms with Crippen LogP contribution in [0.1, 0.15) is 11.1 Å². The van der Waals surface area contributed by atoms with Crippen molar-refractivity contribution in [3.63, 3.8) is 0 Å². The average Bonchev–Trinajstić information content (AvgIpc) is 2.53. The highest BCUT2D eigenvalue weighted by Crippen LogP contribution is 2.25. The topological polar surface area (TPSA) is 17.1 Å². The molecule has 0 N–H and O–H groups in total. The van der Waals surface area contributed by atoms with Crippen LogP contribution in [0.2, 0.25) is 0 Å². The zero-order valence-corrected chi connectivity index (χ0v) is 7.79. The standard InChI is InChI=1S/C13H10O/c14-13-7-11-5-9-3-1-2-4-10(9)6-12(11)8-13/h1-6H,7-8H2. The Labute approximate surface area is 82.4 Å². The summed E-state index contributed by atoms with van der Waals surface area (Å²) in [5.41, 5.74) is 2.43. The number of Topliss-reactive ketones (excluding diaryl/α,β-unsaturated/α-hetero) is 1. The van der Waals surface area contributed by atoms with Crippen LogP contribution >= 0.6 is 0 Å². The van der Waals surface area contributed by atoms with Gasteiger partial charge in [-0.05, 0) is 21.9 Å². The van der Waals surface area contributed by atoms with Gasteiger partial charge in [0.25, 0.3) is 0 Å². The number of hydrogen-bond acceptors (Lipinski definition) is 1. The predicted molar refractivity (Wildman–Crippen MR) is 56.4 cm³/mol. The quantitative estimate of drug-likeness (QED) is 0.611. The minimum Gasteiger partial charge on any atom is -0.299 e. The van der Waals surface area contributed by atoms with Crippen molar-refractivity contribution in [1.82, 2.24) is 0 Å². The number of hydrogen-bond donors (Lipinski definition) is 0. The molecule has 0 amide bonds. The molecular formula is C13H10O. The second-order valence-electron chi connectivity index (χ2n) is 3.86. The first-order chi connectivity index (χ1) is 6.83. The fourth-order valence-corrected chi connectivity index (χ4v) is 2.15. The van der Waals surface area contributed by atoms with E-state index in [2.05, 4.69) is 24.3 Å². The molecular weight excluding hydrogens is 172 g/mol. The van der Waals surface area contributed by atoms with Gasteiger partial charge in [0.05, 0.1) is 0 Å². The van der Waals surface area contributed by atoms with Gasteiger partial charge in [0, 0.05) is 12.8 Å². The Hall–Kier alpha value is -1.63. The van der Waals surface area contributed by atoms with Gasteiger partial charge >= 0.3 is 0 Å². The van der Waals surface area contributed by atoms with Crippen LogP contribution in [-0.2, 0) is 17.6 Å². The Kier molecular flexibility index (Phi) is 1.48. The molecule has 0 heterocycles. The monoisotopic (exact) mass is 182 g/mol.